The molecule has 3 N–H and O–H groups in total. The second kappa shape index (κ2) is 69.2. The van der Waals surface area contributed by atoms with E-state index in [0.717, 1.165) is 102 Å². The largest absolute Gasteiger partial charge is 0.472 e. The molecule has 95 heavy (non-hydrogen) atoms. The minimum atomic E-state index is -4.96. The van der Waals surface area contributed by atoms with E-state index in [1.54, 1.807) is 0 Å². The van der Waals surface area contributed by atoms with Crippen LogP contribution in [-0.2, 0) is 65.4 Å². The van der Waals surface area contributed by atoms with Gasteiger partial charge in [-0.15, -0.1) is 0 Å². The quantitative estimate of drug-likeness (QED) is 0.0222. The first-order valence-corrected chi connectivity index (χ1v) is 42.7. The van der Waals surface area contributed by atoms with Crippen molar-refractivity contribution < 1.29 is 80.2 Å². The number of carbonyl (C=O) groups is 4. The van der Waals surface area contributed by atoms with Crippen LogP contribution in [0, 0.1) is 5.92 Å². The summed E-state index contributed by atoms with van der Waals surface area (Å²) in [5, 5.41) is 10.6. The van der Waals surface area contributed by atoms with E-state index < -0.39 is 97.5 Å². The maximum atomic E-state index is 13.1. The summed E-state index contributed by atoms with van der Waals surface area (Å²) < 4.78 is 68.5. The Balaban J connectivity index is 5.25. The van der Waals surface area contributed by atoms with Crippen molar-refractivity contribution in [3.8, 4) is 0 Å². The van der Waals surface area contributed by atoms with Crippen molar-refractivity contribution in [2.75, 3.05) is 39.6 Å². The molecule has 0 aromatic carbocycles. The molecule has 0 saturated carbocycles. The van der Waals surface area contributed by atoms with Crippen LogP contribution < -0.4 is 0 Å². The number of rotatable bonds is 76. The van der Waals surface area contributed by atoms with Crippen molar-refractivity contribution >= 4 is 39.5 Å². The SMILES string of the molecule is CCCCCCCCCCCCCCCCCCC(=O)OC[C@H](COP(=O)(O)OC[C@@H](O)COP(=O)(O)OC[C@@H](COC(=O)CCCCCCCCC(C)CC)OC(=O)CCCCCCCCCCCCCCC)OC(=O)CCCCCCCCCCCCCCCCCC. The highest BCUT2D eigenvalue weighted by Gasteiger charge is 2.30. The summed E-state index contributed by atoms with van der Waals surface area (Å²) in [6.45, 7) is 7.26. The average Bonchev–Trinajstić information content (AvgIpc) is 1.34. The predicted octanol–water partition coefficient (Wildman–Crippen LogP) is 22.5. The van der Waals surface area contributed by atoms with Crippen molar-refractivity contribution in [2.45, 2.75) is 419 Å². The van der Waals surface area contributed by atoms with Gasteiger partial charge in [0.05, 0.1) is 26.4 Å². The molecular formula is C76H148O17P2. The molecule has 564 valence electrons. The molecule has 19 heteroatoms. The first-order valence-electron chi connectivity index (χ1n) is 39.7. The highest BCUT2D eigenvalue weighted by Crippen LogP contribution is 2.45. The summed E-state index contributed by atoms with van der Waals surface area (Å²) in [6, 6.07) is 0. The van der Waals surface area contributed by atoms with E-state index in [1.165, 1.54) is 218 Å². The third-order valence-corrected chi connectivity index (χ3v) is 20.0. The lowest BCUT2D eigenvalue weighted by Gasteiger charge is -2.21. The molecule has 0 aliphatic carbocycles. The van der Waals surface area contributed by atoms with Crippen molar-refractivity contribution in [3.05, 3.63) is 0 Å². The van der Waals surface area contributed by atoms with Gasteiger partial charge in [0.2, 0.25) is 0 Å². The lowest BCUT2D eigenvalue weighted by molar-refractivity contribution is -0.161. The summed E-state index contributed by atoms with van der Waals surface area (Å²) in [6.07, 6.45) is 58.2. The van der Waals surface area contributed by atoms with Crippen LogP contribution >= 0.6 is 15.6 Å². The molecule has 0 amide bonds. The van der Waals surface area contributed by atoms with Crippen LogP contribution in [0.25, 0.3) is 0 Å². The van der Waals surface area contributed by atoms with E-state index in [1.807, 2.05) is 0 Å². The summed E-state index contributed by atoms with van der Waals surface area (Å²) in [7, 11) is -9.91. The highest BCUT2D eigenvalue weighted by molar-refractivity contribution is 7.47. The Kier molecular flexibility index (Phi) is 67.7. The first kappa shape index (κ1) is 93.1. The number of aliphatic hydroxyl groups excluding tert-OH is 1. The van der Waals surface area contributed by atoms with Crippen molar-refractivity contribution in [3.63, 3.8) is 0 Å². The normalized spacial score (nSPS) is 14.2. The van der Waals surface area contributed by atoms with Crippen LogP contribution in [0.5, 0.6) is 0 Å². The third-order valence-electron chi connectivity index (χ3n) is 18.1. The third kappa shape index (κ3) is 69.0. The van der Waals surface area contributed by atoms with Crippen LogP contribution in [0.4, 0.5) is 0 Å². The molecule has 0 fully saturated rings. The molecule has 0 spiro atoms. The van der Waals surface area contributed by atoms with E-state index in [-0.39, 0.29) is 25.7 Å². The lowest BCUT2D eigenvalue weighted by Crippen LogP contribution is -2.30. The summed E-state index contributed by atoms with van der Waals surface area (Å²) in [5.41, 5.74) is 0. The Labute approximate surface area is 581 Å². The zero-order valence-corrected chi connectivity index (χ0v) is 63.6. The van der Waals surface area contributed by atoms with Gasteiger partial charge in [-0.25, -0.2) is 9.13 Å². The van der Waals surface area contributed by atoms with Crippen LogP contribution in [0.2, 0.25) is 0 Å². The zero-order valence-electron chi connectivity index (χ0n) is 61.8. The Morgan fingerprint density at radius 2 is 0.505 bits per heavy atom. The molecule has 0 rings (SSSR count). The molecule has 0 heterocycles. The number of hydrogen-bond acceptors (Lipinski definition) is 15. The zero-order chi connectivity index (χ0) is 69.8. The summed E-state index contributed by atoms with van der Waals surface area (Å²) in [4.78, 5) is 72.8. The number of esters is 4. The monoisotopic (exact) mass is 1400 g/mol. The number of aliphatic hydroxyl groups is 1. The number of ether oxygens (including phenoxy) is 4. The van der Waals surface area contributed by atoms with Crippen LogP contribution in [-0.4, -0.2) is 96.7 Å². The molecule has 0 radical (unpaired) electrons. The van der Waals surface area contributed by atoms with Crippen LogP contribution in [0.1, 0.15) is 401 Å². The molecule has 0 saturated heterocycles. The Bertz CT molecular complexity index is 1820. The molecule has 0 aliphatic rings. The maximum absolute atomic E-state index is 13.1. The van der Waals surface area contributed by atoms with Gasteiger partial charge in [-0.05, 0) is 31.6 Å². The number of phosphoric ester groups is 2. The summed E-state index contributed by atoms with van der Waals surface area (Å²) >= 11 is 0. The minimum absolute atomic E-state index is 0.107. The Morgan fingerprint density at radius 1 is 0.295 bits per heavy atom. The van der Waals surface area contributed by atoms with Gasteiger partial charge in [0.25, 0.3) is 0 Å². The predicted molar refractivity (Wildman–Crippen MR) is 386 cm³/mol. The molecule has 0 bridgehead atoms. The minimum Gasteiger partial charge on any atom is -0.462 e. The smallest absolute Gasteiger partial charge is 0.462 e. The van der Waals surface area contributed by atoms with Crippen LogP contribution in [0.3, 0.4) is 0 Å². The number of carbonyl (C=O) groups excluding carboxylic acids is 4. The standard InChI is InChI=1S/C76H148O17P2/c1-6-10-13-16-19-22-25-28-30-32-35-37-40-43-49-54-59-73(78)86-65-71(92-75(80)62-57-52-45-42-39-36-33-31-29-26-23-20-17-14-11-7-2)67-90-94(82,83)88-63-70(77)64-89-95(84,85)91-68-72(66-87-74(79)60-55-50-47-46-48-53-58-69(5)9-4)93-76(81)61-56-51-44-41-38-34-27-24-21-18-15-12-8-3/h69-72,77H,6-68H2,1-5H3,(H,82,83)(H,84,85)/t69?,70-,71-,72-/m1/s1. The molecule has 0 aromatic heterocycles. The molecule has 6 atom stereocenters. The van der Waals surface area contributed by atoms with Crippen LogP contribution in [0.15, 0.2) is 0 Å². The molecule has 0 aliphatic heterocycles. The fourth-order valence-electron chi connectivity index (χ4n) is 11.7. The van der Waals surface area contributed by atoms with Gasteiger partial charge in [-0.2, -0.15) is 0 Å². The number of hydrogen-bond donors (Lipinski definition) is 3. The molecule has 3 unspecified atom stereocenters. The van der Waals surface area contributed by atoms with E-state index in [0.29, 0.717) is 25.7 Å². The van der Waals surface area contributed by atoms with E-state index in [2.05, 4.69) is 34.6 Å². The fraction of sp³-hybridized carbons (Fsp3) is 0.947. The van der Waals surface area contributed by atoms with Crippen molar-refractivity contribution in [1.29, 1.82) is 0 Å². The molecule has 0 aromatic rings. The van der Waals surface area contributed by atoms with Gasteiger partial charge < -0.3 is 33.8 Å². The first-order chi connectivity index (χ1) is 46.1. The van der Waals surface area contributed by atoms with Gasteiger partial charge in [0.15, 0.2) is 12.2 Å². The highest BCUT2D eigenvalue weighted by atomic mass is 31.2. The van der Waals surface area contributed by atoms with Gasteiger partial charge in [-0.3, -0.25) is 37.3 Å². The van der Waals surface area contributed by atoms with Gasteiger partial charge in [0, 0.05) is 25.7 Å². The van der Waals surface area contributed by atoms with Crippen molar-refractivity contribution in [1.82, 2.24) is 0 Å². The number of phosphoric acid groups is 2. The van der Waals surface area contributed by atoms with E-state index >= 15 is 0 Å². The second-order valence-corrected chi connectivity index (χ2v) is 30.5. The van der Waals surface area contributed by atoms with Gasteiger partial charge >= 0.3 is 39.5 Å². The molecular weight excluding hydrogens is 1250 g/mol. The van der Waals surface area contributed by atoms with E-state index in [4.69, 9.17) is 37.0 Å². The van der Waals surface area contributed by atoms with Gasteiger partial charge in [-0.1, -0.05) is 349 Å². The average molecular weight is 1400 g/mol. The van der Waals surface area contributed by atoms with Gasteiger partial charge in [0.1, 0.15) is 19.3 Å². The fourth-order valence-corrected chi connectivity index (χ4v) is 13.3. The maximum Gasteiger partial charge on any atom is 0.472 e. The number of unbranched alkanes of at least 4 members (excludes halogenated alkanes) is 47. The Hall–Kier alpha value is -1.94. The molecule has 17 nitrogen and oxygen atoms in total. The second-order valence-electron chi connectivity index (χ2n) is 27.6. The van der Waals surface area contributed by atoms with E-state index in [9.17, 15) is 43.2 Å². The Morgan fingerprint density at radius 3 is 0.747 bits per heavy atom. The lowest BCUT2D eigenvalue weighted by atomic mass is 10.00. The summed E-state index contributed by atoms with van der Waals surface area (Å²) in [5.74, 6) is -1.38. The topological polar surface area (TPSA) is 237 Å². The van der Waals surface area contributed by atoms with Crippen molar-refractivity contribution in [2.24, 2.45) is 5.92 Å².